The predicted octanol–water partition coefficient (Wildman–Crippen LogP) is 1.73. The van der Waals surface area contributed by atoms with E-state index in [1.807, 2.05) is 18.2 Å². The van der Waals surface area contributed by atoms with Gasteiger partial charge in [-0.25, -0.2) is 4.79 Å². The number of H-pyrrole nitrogens is 1. The van der Waals surface area contributed by atoms with Gasteiger partial charge in [0.15, 0.2) is 0 Å². The van der Waals surface area contributed by atoms with Crippen LogP contribution in [0.5, 0.6) is 0 Å². The number of amides is 1. The third-order valence-electron chi connectivity index (χ3n) is 5.56. The molecule has 1 aliphatic rings. The molecule has 142 valence electrons. The Labute approximate surface area is 157 Å². The van der Waals surface area contributed by atoms with Gasteiger partial charge in [-0.3, -0.25) is 19.0 Å². The van der Waals surface area contributed by atoms with Gasteiger partial charge in [0, 0.05) is 39.2 Å². The molecule has 0 spiro atoms. The van der Waals surface area contributed by atoms with Crippen molar-refractivity contribution in [3.63, 3.8) is 0 Å². The summed E-state index contributed by atoms with van der Waals surface area (Å²) in [6.45, 7) is 0.455. The summed E-state index contributed by atoms with van der Waals surface area (Å²) in [7, 11) is 3.53. The van der Waals surface area contributed by atoms with Crippen molar-refractivity contribution < 1.29 is 4.79 Å². The second kappa shape index (κ2) is 7.06. The van der Waals surface area contributed by atoms with Gasteiger partial charge in [0.05, 0.1) is 16.7 Å². The van der Waals surface area contributed by atoms with Crippen molar-refractivity contribution in [3.8, 4) is 0 Å². The predicted molar refractivity (Wildman–Crippen MR) is 104 cm³/mol. The zero-order valence-corrected chi connectivity index (χ0v) is 15.8. The fourth-order valence-electron chi connectivity index (χ4n) is 3.94. The van der Waals surface area contributed by atoms with E-state index in [1.165, 1.54) is 24.1 Å². The van der Waals surface area contributed by atoms with Gasteiger partial charge in [0.1, 0.15) is 0 Å². The van der Waals surface area contributed by atoms with Crippen LogP contribution in [0.25, 0.3) is 11.0 Å². The molecule has 0 atom stereocenters. The van der Waals surface area contributed by atoms with E-state index in [9.17, 15) is 9.59 Å². The topological polar surface area (TPSA) is 84.7 Å². The average Bonchev–Trinajstić information content (AvgIpc) is 3.20. The molecular weight excluding hydrogens is 342 g/mol. The Balaban J connectivity index is 1.37. The van der Waals surface area contributed by atoms with Crippen molar-refractivity contribution in [2.24, 2.45) is 14.1 Å². The van der Waals surface area contributed by atoms with E-state index in [2.05, 4.69) is 15.5 Å². The number of carbonyl (C=O) groups is 1. The molecular formula is C20H25N5O2. The highest BCUT2D eigenvalue weighted by molar-refractivity contribution is 5.78. The normalized spacial score (nSPS) is 13.7. The summed E-state index contributed by atoms with van der Waals surface area (Å²) in [5.74, 6) is 0.0182. The van der Waals surface area contributed by atoms with E-state index in [0.717, 1.165) is 35.1 Å². The number of aromatic nitrogens is 4. The molecule has 0 radical (unpaired) electrons. The summed E-state index contributed by atoms with van der Waals surface area (Å²) >= 11 is 0. The van der Waals surface area contributed by atoms with Crippen LogP contribution in [0.4, 0.5) is 0 Å². The first-order valence-corrected chi connectivity index (χ1v) is 9.50. The number of carbonyl (C=O) groups excluding carboxylic acids is 1. The third kappa shape index (κ3) is 3.29. The maximum Gasteiger partial charge on any atom is 0.328 e. The average molecular weight is 367 g/mol. The molecule has 0 bridgehead atoms. The van der Waals surface area contributed by atoms with Crippen LogP contribution in [0.1, 0.15) is 41.8 Å². The molecule has 0 saturated carbocycles. The second-order valence-corrected chi connectivity index (χ2v) is 7.33. The number of aryl methyl sites for hydroxylation is 4. The standard InChI is InChI=1S/C20H25N5O2/c1-24-17-9-7-13(11-18(17)25(2)20(24)27)12-21-19(26)10-8-16-14-5-3-4-6-15(14)22-23-16/h7,9,11H,3-6,8,10,12H2,1-2H3,(H,21,26)(H,22,23). The molecule has 1 aromatic carbocycles. The van der Waals surface area contributed by atoms with Gasteiger partial charge < -0.3 is 5.32 Å². The van der Waals surface area contributed by atoms with E-state index in [1.54, 1.807) is 23.2 Å². The lowest BCUT2D eigenvalue weighted by Gasteiger charge is -2.11. The minimum absolute atomic E-state index is 0.0182. The number of hydrogen-bond donors (Lipinski definition) is 2. The lowest BCUT2D eigenvalue weighted by Crippen LogP contribution is -2.23. The van der Waals surface area contributed by atoms with Crippen molar-refractivity contribution >= 4 is 16.9 Å². The van der Waals surface area contributed by atoms with Crippen molar-refractivity contribution in [1.82, 2.24) is 24.6 Å². The van der Waals surface area contributed by atoms with Gasteiger partial charge in [-0.1, -0.05) is 6.07 Å². The Morgan fingerprint density at radius 2 is 1.96 bits per heavy atom. The number of fused-ring (bicyclic) bond motifs is 2. The first kappa shape index (κ1) is 17.6. The molecule has 27 heavy (non-hydrogen) atoms. The number of aromatic amines is 1. The molecule has 4 rings (SSSR count). The summed E-state index contributed by atoms with van der Waals surface area (Å²) in [6, 6.07) is 5.83. The highest BCUT2D eigenvalue weighted by atomic mass is 16.2. The number of imidazole rings is 1. The molecule has 1 aliphatic carbocycles. The summed E-state index contributed by atoms with van der Waals surface area (Å²) < 4.78 is 3.25. The van der Waals surface area contributed by atoms with Gasteiger partial charge >= 0.3 is 5.69 Å². The summed E-state index contributed by atoms with van der Waals surface area (Å²) in [5.41, 5.74) is 6.31. The Hall–Kier alpha value is -2.83. The van der Waals surface area contributed by atoms with Gasteiger partial charge in [-0.2, -0.15) is 5.10 Å². The van der Waals surface area contributed by atoms with Crippen LogP contribution in [0.2, 0.25) is 0 Å². The molecule has 2 heterocycles. The van der Waals surface area contributed by atoms with Gasteiger partial charge in [-0.05, 0) is 48.9 Å². The van der Waals surface area contributed by atoms with E-state index in [4.69, 9.17) is 0 Å². The van der Waals surface area contributed by atoms with Crippen molar-refractivity contribution in [1.29, 1.82) is 0 Å². The van der Waals surface area contributed by atoms with E-state index >= 15 is 0 Å². The number of rotatable bonds is 5. The minimum Gasteiger partial charge on any atom is -0.352 e. The van der Waals surface area contributed by atoms with Crippen molar-refractivity contribution in [3.05, 3.63) is 51.2 Å². The van der Waals surface area contributed by atoms with Gasteiger partial charge in [0.25, 0.3) is 0 Å². The molecule has 0 unspecified atom stereocenters. The molecule has 7 nitrogen and oxygen atoms in total. The minimum atomic E-state index is -0.0477. The Kier molecular flexibility index (Phi) is 4.59. The lowest BCUT2D eigenvalue weighted by molar-refractivity contribution is -0.121. The fraction of sp³-hybridized carbons (Fsp3) is 0.450. The molecule has 2 aromatic heterocycles. The third-order valence-corrected chi connectivity index (χ3v) is 5.56. The van der Waals surface area contributed by atoms with Gasteiger partial charge in [0.2, 0.25) is 5.91 Å². The SMILES string of the molecule is Cn1c(=O)n(C)c2cc(CNC(=O)CCc3n[nH]c4c3CCCC4)ccc21. The fourth-order valence-corrected chi connectivity index (χ4v) is 3.94. The van der Waals surface area contributed by atoms with Crippen LogP contribution in [0.15, 0.2) is 23.0 Å². The van der Waals surface area contributed by atoms with Crippen LogP contribution >= 0.6 is 0 Å². The number of nitrogens with one attached hydrogen (secondary N) is 2. The monoisotopic (exact) mass is 367 g/mol. The highest BCUT2D eigenvalue weighted by Gasteiger charge is 2.17. The first-order chi connectivity index (χ1) is 13.0. The van der Waals surface area contributed by atoms with Crippen molar-refractivity contribution in [2.45, 2.75) is 45.1 Å². The van der Waals surface area contributed by atoms with Crippen LogP contribution in [0, 0.1) is 0 Å². The Morgan fingerprint density at radius 1 is 1.19 bits per heavy atom. The zero-order valence-electron chi connectivity index (χ0n) is 15.8. The van der Waals surface area contributed by atoms with E-state index in [0.29, 0.717) is 19.4 Å². The molecule has 0 saturated heterocycles. The maximum atomic E-state index is 12.3. The Bertz CT molecular complexity index is 1060. The first-order valence-electron chi connectivity index (χ1n) is 9.50. The number of nitrogens with zero attached hydrogens (tertiary/aromatic N) is 3. The molecule has 7 heteroatoms. The van der Waals surface area contributed by atoms with E-state index < -0.39 is 0 Å². The van der Waals surface area contributed by atoms with Crippen LogP contribution in [0.3, 0.4) is 0 Å². The lowest BCUT2D eigenvalue weighted by atomic mass is 9.94. The largest absolute Gasteiger partial charge is 0.352 e. The van der Waals surface area contributed by atoms with Crippen LogP contribution in [-0.4, -0.2) is 25.2 Å². The second-order valence-electron chi connectivity index (χ2n) is 7.33. The van der Waals surface area contributed by atoms with Gasteiger partial charge in [-0.15, -0.1) is 0 Å². The smallest absolute Gasteiger partial charge is 0.328 e. The van der Waals surface area contributed by atoms with E-state index in [-0.39, 0.29) is 11.6 Å². The van der Waals surface area contributed by atoms with Crippen molar-refractivity contribution in [2.75, 3.05) is 0 Å². The maximum absolute atomic E-state index is 12.3. The molecule has 2 N–H and O–H groups in total. The van der Waals surface area contributed by atoms with Crippen LogP contribution < -0.4 is 11.0 Å². The summed E-state index contributed by atoms with van der Waals surface area (Å²) in [5, 5.41) is 10.5. The van der Waals surface area contributed by atoms with Crippen LogP contribution in [-0.2, 0) is 44.7 Å². The quantitative estimate of drug-likeness (QED) is 0.720. The zero-order chi connectivity index (χ0) is 19.0. The number of hydrogen-bond acceptors (Lipinski definition) is 3. The molecule has 0 fully saturated rings. The molecule has 3 aromatic rings. The highest BCUT2D eigenvalue weighted by Crippen LogP contribution is 2.22. The molecule has 1 amide bonds. The summed E-state index contributed by atoms with van der Waals surface area (Å²) in [4.78, 5) is 24.3. The number of benzene rings is 1. The summed E-state index contributed by atoms with van der Waals surface area (Å²) in [6.07, 6.45) is 5.66. The Morgan fingerprint density at radius 3 is 2.81 bits per heavy atom. The molecule has 0 aliphatic heterocycles.